The molecule has 1 atom stereocenters. The Labute approximate surface area is 235 Å². The highest BCUT2D eigenvalue weighted by molar-refractivity contribution is 7.92. The van der Waals surface area contributed by atoms with Crippen molar-refractivity contribution in [3.8, 4) is 5.75 Å². The molecule has 208 valence electrons. The molecule has 11 heteroatoms. The third-order valence-corrected chi connectivity index (χ3v) is 8.27. The van der Waals surface area contributed by atoms with E-state index >= 15 is 0 Å². The van der Waals surface area contributed by atoms with Crippen LogP contribution in [0.3, 0.4) is 0 Å². The first-order valence-electron chi connectivity index (χ1n) is 12.8. The van der Waals surface area contributed by atoms with Crippen LogP contribution in [0.2, 0.25) is 10.0 Å². The van der Waals surface area contributed by atoms with Crippen LogP contribution in [-0.4, -0.2) is 56.6 Å². The number of benzene rings is 2. The number of carbonyl (C=O) groups is 2. The number of halogens is 2. The first kappa shape index (κ1) is 30.1. The second-order valence-electron chi connectivity index (χ2n) is 9.34. The number of anilines is 1. The van der Waals surface area contributed by atoms with Gasteiger partial charge >= 0.3 is 0 Å². The van der Waals surface area contributed by atoms with Gasteiger partial charge < -0.3 is 15.0 Å². The van der Waals surface area contributed by atoms with E-state index in [9.17, 15) is 18.0 Å². The van der Waals surface area contributed by atoms with Crippen LogP contribution in [0.15, 0.2) is 42.5 Å². The summed E-state index contributed by atoms with van der Waals surface area (Å²) in [6.07, 6.45) is 5.27. The molecule has 38 heavy (non-hydrogen) atoms. The maximum atomic E-state index is 13.9. The summed E-state index contributed by atoms with van der Waals surface area (Å²) in [6, 6.07) is 10.8. The molecule has 1 fully saturated rings. The molecule has 1 N–H and O–H groups in total. The van der Waals surface area contributed by atoms with Crippen LogP contribution >= 0.6 is 23.2 Å². The third kappa shape index (κ3) is 7.77. The van der Waals surface area contributed by atoms with Crippen molar-refractivity contribution in [3.05, 3.63) is 58.1 Å². The monoisotopic (exact) mass is 583 g/mol. The summed E-state index contributed by atoms with van der Waals surface area (Å²) >= 11 is 12.5. The third-order valence-electron chi connectivity index (χ3n) is 6.56. The number of nitrogens with one attached hydrogen (secondary N) is 1. The average Bonchev–Trinajstić information content (AvgIpc) is 3.36. The lowest BCUT2D eigenvalue weighted by molar-refractivity contribution is -0.140. The first-order chi connectivity index (χ1) is 18.0. The Morgan fingerprint density at radius 2 is 1.79 bits per heavy atom. The summed E-state index contributed by atoms with van der Waals surface area (Å²) in [7, 11) is -3.88. The Kier molecular flexibility index (Phi) is 10.7. The van der Waals surface area contributed by atoms with Crippen molar-refractivity contribution in [2.75, 3.05) is 23.7 Å². The molecule has 3 rings (SSSR count). The Bertz CT molecular complexity index is 1230. The van der Waals surface area contributed by atoms with Crippen molar-refractivity contribution in [1.82, 2.24) is 10.2 Å². The van der Waals surface area contributed by atoms with E-state index in [0.717, 1.165) is 36.2 Å². The summed E-state index contributed by atoms with van der Waals surface area (Å²) in [5.41, 5.74) is 0.843. The highest BCUT2D eigenvalue weighted by Gasteiger charge is 2.34. The number of hydrogen-bond acceptors (Lipinski definition) is 5. The van der Waals surface area contributed by atoms with Crippen molar-refractivity contribution < 1.29 is 22.7 Å². The van der Waals surface area contributed by atoms with E-state index < -0.39 is 28.5 Å². The Morgan fingerprint density at radius 3 is 2.39 bits per heavy atom. The highest BCUT2D eigenvalue weighted by atomic mass is 35.5. The van der Waals surface area contributed by atoms with E-state index in [1.165, 1.54) is 4.90 Å². The van der Waals surface area contributed by atoms with Crippen molar-refractivity contribution in [2.45, 2.75) is 64.6 Å². The molecule has 1 unspecified atom stereocenters. The lowest BCUT2D eigenvalue weighted by Gasteiger charge is -2.34. The molecule has 0 radical (unpaired) electrons. The smallest absolute Gasteiger partial charge is 0.244 e. The van der Waals surface area contributed by atoms with Gasteiger partial charge in [-0.3, -0.25) is 13.9 Å². The molecule has 2 amide bonds. The molecular formula is C27H35Cl2N3O5S. The number of sulfonamides is 1. The van der Waals surface area contributed by atoms with Crippen LogP contribution in [0.25, 0.3) is 0 Å². The van der Waals surface area contributed by atoms with Gasteiger partial charge in [-0.25, -0.2) is 8.42 Å². The first-order valence-corrected chi connectivity index (χ1v) is 15.4. The normalized spacial score (nSPS) is 14.7. The SMILES string of the molecule is CCOc1ccccc1N(CC(=O)N(Cc1ccc(Cl)cc1Cl)C(CC)C(=O)NC1CCCC1)S(C)(=O)=O. The molecule has 0 spiro atoms. The van der Waals surface area contributed by atoms with E-state index in [-0.39, 0.29) is 24.2 Å². The van der Waals surface area contributed by atoms with Gasteiger partial charge in [-0.1, -0.05) is 61.2 Å². The molecular weight excluding hydrogens is 549 g/mol. The lowest BCUT2D eigenvalue weighted by Crippen LogP contribution is -2.53. The summed E-state index contributed by atoms with van der Waals surface area (Å²) in [5.74, 6) is -0.467. The Morgan fingerprint density at radius 1 is 1.11 bits per heavy atom. The predicted molar refractivity (Wildman–Crippen MR) is 151 cm³/mol. The van der Waals surface area contributed by atoms with Crippen LogP contribution in [0.5, 0.6) is 5.75 Å². The van der Waals surface area contributed by atoms with Crippen molar-refractivity contribution in [1.29, 1.82) is 0 Å². The van der Waals surface area contributed by atoms with Gasteiger partial charge in [0.1, 0.15) is 18.3 Å². The summed E-state index contributed by atoms with van der Waals surface area (Å²) in [5, 5.41) is 3.87. The van der Waals surface area contributed by atoms with Crippen molar-refractivity contribution in [3.63, 3.8) is 0 Å². The molecule has 1 aliphatic carbocycles. The van der Waals surface area contributed by atoms with Gasteiger partial charge in [0, 0.05) is 22.6 Å². The molecule has 0 aromatic heterocycles. The summed E-state index contributed by atoms with van der Waals surface area (Å²) in [6.45, 7) is 3.43. The fourth-order valence-electron chi connectivity index (χ4n) is 4.66. The van der Waals surface area contributed by atoms with Crippen LogP contribution < -0.4 is 14.4 Å². The van der Waals surface area contributed by atoms with E-state index in [2.05, 4.69) is 5.32 Å². The number of rotatable bonds is 12. The van der Waals surface area contributed by atoms with Gasteiger partial charge in [0.25, 0.3) is 0 Å². The Hall–Kier alpha value is -2.49. The minimum absolute atomic E-state index is 0.0101. The zero-order valence-electron chi connectivity index (χ0n) is 22.0. The predicted octanol–water partition coefficient (Wildman–Crippen LogP) is 5.02. The van der Waals surface area contributed by atoms with Gasteiger partial charge in [0.2, 0.25) is 21.8 Å². The molecule has 0 heterocycles. The topological polar surface area (TPSA) is 96.0 Å². The van der Waals surface area contributed by atoms with Crippen LogP contribution in [-0.2, 0) is 26.2 Å². The molecule has 0 bridgehead atoms. The van der Waals surface area contributed by atoms with E-state index in [0.29, 0.717) is 34.4 Å². The minimum atomic E-state index is -3.88. The van der Waals surface area contributed by atoms with Crippen molar-refractivity contribution >= 4 is 50.7 Å². The lowest BCUT2D eigenvalue weighted by atomic mass is 10.1. The fraction of sp³-hybridized carbons (Fsp3) is 0.481. The van der Waals surface area contributed by atoms with Gasteiger partial charge in [0.05, 0.1) is 18.6 Å². The maximum Gasteiger partial charge on any atom is 0.244 e. The quantitative estimate of drug-likeness (QED) is 0.378. The maximum absolute atomic E-state index is 13.9. The standard InChI is InChI=1S/C27H35Cl2N3O5S/c1-4-23(27(34)30-21-10-6-7-11-21)31(17-19-14-15-20(28)16-22(19)29)26(33)18-32(38(3,35)36)24-12-8-9-13-25(24)37-5-2/h8-9,12-16,21,23H,4-7,10-11,17-18H2,1-3H3,(H,30,34). The fourth-order valence-corrected chi connectivity index (χ4v) is 5.98. The number of ether oxygens (including phenoxy) is 1. The van der Waals surface area contributed by atoms with E-state index in [1.54, 1.807) is 49.4 Å². The van der Waals surface area contributed by atoms with Gasteiger partial charge in [-0.05, 0) is 56.0 Å². The summed E-state index contributed by atoms with van der Waals surface area (Å²) in [4.78, 5) is 28.7. The number of para-hydroxylation sites is 2. The Balaban J connectivity index is 1.98. The van der Waals surface area contributed by atoms with Crippen LogP contribution in [0, 0.1) is 0 Å². The van der Waals surface area contributed by atoms with Crippen LogP contribution in [0.1, 0.15) is 51.5 Å². The second kappa shape index (κ2) is 13.5. The molecule has 0 saturated heterocycles. The molecule has 1 aliphatic rings. The zero-order chi connectivity index (χ0) is 27.9. The number of carbonyl (C=O) groups excluding carboxylic acids is 2. The molecule has 2 aromatic carbocycles. The van der Waals surface area contributed by atoms with Gasteiger partial charge in [0.15, 0.2) is 0 Å². The average molecular weight is 585 g/mol. The molecule has 2 aromatic rings. The highest BCUT2D eigenvalue weighted by Crippen LogP contribution is 2.31. The second-order valence-corrected chi connectivity index (χ2v) is 12.1. The minimum Gasteiger partial charge on any atom is -0.492 e. The molecule has 8 nitrogen and oxygen atoms in total. The molecule has 1 saturated carbocycles. The molecule has 0 aliphatic heterocycles. The summed E-state index contributed by atoms with van der Waals surface area (Å²) < 4.78 is 32.4. The van der Waals surface area contributed by atoms with Gasteiger partial charge in [-0.2, -0.15) is 0 Å². The van der Waals surface area contributed by atoms with Crippen LogP contribution in [0.4, 0.5) is 5.69 Å². The zero-order valence-corrected chi connectivity index (χ0v) is 24.3. The van der Waals surface area contributed by atoms with E-state index in [1.807, 2.05) is 6.92 Å². The van der Waals surface area contributed by atoms with Crippen molar-refractivity contribution in [2.24, 2.45) is 0 Å². The number of hydrogen-bond donors (Lipinski definition) is 1. The number of nitrogens with zero attached hydrogens (tertiary/aromatic N) is 2. The largest absolute Gasteiger partial charge is 0.492 e. The van der Waals surface area contributed by atoms with Gasteiger partial charge in [-0.15, -0.1) is 0 Å². The number of amides is 2. The van der Waals surface area contributed by atoms with E-state index in [4.69, 9.17) is 27.9 Å².